The minimum atomic E-state index is -3.59. The predicted molar refractivity (Wildman–Crippen MR) is 99.6 cm³/mol. The maximum atomic E-state index is 12.6. The van der Waals surface area contributed by atoms with Crippen LogP contribution in [0.25, 0.3) is 0 Å². The molecule has 1 amide bonds. The topological polar surface area (TPSA) is 75.7 Å². The molecule has 3 rings (SSSR count). The molecule has 7 heteroatoms. The first kappa shape index (κ1) is 19.2. The molecule has 6 nitrogen and oxygen atoms in total. The Balaban J connectivity index is 1.63. The van der Waals surface area contributed by atoms with E-state index in [-0.39, 0.29) is 16.7 Å². The summed E-state index contributed by atoms with van der Waals surface area (Å²) in [6, 6.07) is 5.27. The van der Waals surface area contributed by atoms with E-state index < -0.39 is 10.0 Å². The van der Waals surface area contributed by atoms with Crippen molar-refractivity contribution in [3.8, 4) is 5.75 Å². The number of aryl methyl sites for hydroxylation is 1. The number of carbonyl (C=O) groups is 1. The molecule has 0 spiro atoms. The molecule has 2 fully saturated rings. The second kappa shape index (κ2) is 7.96. The highest BCUT2D eigenvalue weighted by atomic mass is 32.2. The van der Waals surface area contributed by atoms with Gasteiger partial charge in [0.1, 0.15) is 5.75 Å². The number of ether oxygens (including phenoxy) is 1. The van der Waals surface area contributed by atoms with Gasteiger partial charge in [0.15, 0.2) is 0 Å². The summed E-state index contributed by atoms with van der Waals surface area (Å²) >= 11 is 0. The van der Waals surface area contributed by atoms with Gasteiger partial charge in [-0.3, -0.25) is 4.79 Å². The lowest BCUT2D eigenvalue weighted by Crippen LogP contribution is -2.36. The molecule has 1 atom stereocenters. The normalized spacial score (nSPS) is 21.5. The van der Waals surface area contributed by atoms with Crippen LogP contribution in [0.15, 0.2) is 23.1 Å². The molecule has 1 aromatic rings. The summed E-state index contributed by atoms with van der Waals surface area (Å²) < 4.78 is 33.2. The average Bonchev–Trinajstić information content (AvgIpc) is 3.28. The summed E-state index contributed by atoms with van der Waals surface area (Å²) in [5.74, 6) is 0.903. The SMILES string of the molecule is CCc1cc(S(=O)(=O)NC[C@@H]2CC(=O)N(C3CCCC3)C2)ccc1OC. The Morgan fingerprint density at radius 1 is 1.27 bits per heavy atom. The first-order valence-electron chi connectivity index (χ1n) is 9.40. The van der Waals surface area contributed by atoms with Gasteiger partial charge in [0, 0.05) is 25.6 Å². The lowest BCUT2D eigenvalue weighted by atomic mass is 10.1. The second-order valence-corrected chi connectivity index (χ2v) is 9.00. The zero-order valence-electron chi connectivity index (χ0n) is 15.5. The maximum Gasteiger partial charge on any atom is 0.240 e. The van der Waals surface area contributed by atoms with Crippen LogP contribution in [0, 0.1) is 5.92 Å². The molecule has 1 aliphatic carbocycles. The molecule has 0 bridgehead atoms. The van der Waals surface area contributed by atoms with E-state index in [1.54, 1.807) is 25.3 Å². The monoisotopic (exact) mass is 380 g/mol. The predicted octanol–water partition coefficient (Wildman–Crippen LogP) is 2.33. The van der Waals surface area contributed by atoms with Crippen LogP contribution in [-0.2, 0) is 21.2 Å². The molecule has 26 heavy (non-hydrogen) atoms. The van der Waals surface area contributed by atoms with E-state index in [9.17, 15) is 13.2 Å². The van der Waals surface area contributed by atoms with Crippen LogP contribution < -0.4 is 9.46 Å². The minimum Gasteiger partial charge on any atom is -0.496 e. The third-order valence-corrected chi connectivity index (χ3v) is 6.93. The van der Waals surface area contributed by atoms with Gasteiger partial charge in [0.25, 0.3) is 0 Å². The lowest BCUT2D eigenvalue weighted by molar-refractivity contribution is -0.129. The van der Waals surface area contributed by atoms with Crippen molar-refractivity contribution in [3.05, 3.63) is 23.8 Å². The van der Waals surface area contributed by atoms with Crippen LogP contribution in [0.4, 0.5) is 0 Å². The highest BCUT2D eigenvalue weighted by molar-refractivity contribution is 7.89. The van der Waals surface area contributed by atoms with Gasteiger partial charge in [-0.25, -0.2) is 13.1 Å². The van der Waals surface area contributed by atoms with Gasteiger partial charge in [-0.15, -0.1) is 0 Å². The summed E-state index contributed by atoms with van der Waals surface area (Å²) in [5.41, 5.74) is 0.860. The number of sulfonamides is 1. The van der Waals surface area contributed by atoms with Crippen molar-refractivity contribution in [2.45, 2.75) is 56.4 Å². The third kappa shape index (κ3) is 4.04. The zero-order chi connectivity index (χ0) is 18.7. The maximum absolute atomic E-state index is 12.6. The highest BCUT2D eigenvalue weighted by Crippen LogP contribution is 2.29. The van der Waals surface area contributed by atoms with Crippen molar-refractivity contribution in [1.29, 1.82) is 0 Å². The van der Waals surface area contributed by atoms with Crippen LogP contribution in [-0.4, -0.2) is 45.5 Å². The molecule has 1 saturated carbocycles. The van der Waals surface area contributed by atoms with Gasteiger partial charge in [0.05, 0.1) is 12.0 Å². The highest BCUT2D eigenvalue weighted by Gasteiger charge is 2.35. The van der Waals surface area contributed by atoms with Crippen LogP contribution in [0.1, 0.15) is 44.6 Å². The third-order valence-electron chi connectivity index (χ3n) is 5.51. The van der Waals surface area contributed by atoms with Crippen molar-refractivity contribution in [1.82, 2.24) is 9.62 Å². The van der Waals surface area contributed by atoms with Crippen LogP contribution in [0.3, 0.4) is 0 Å². The van der Waals surface area contributed by atoms with E-state index in [1.807, 2.05) is 11.8 Å². The van der Waals surface area contributed by atoms with E-state index in [4.69, 9.17) is 4.74 Å². The number of hydrogen-bond donors (Lipinski definition) is 1. The molecule has 1 aliphatic heterocycles. The molecule has 0 radical (unpaired) electrons. The van der Waals surface area contributed by atoms with Gasteiger partial charge in [-0.05, 0) is 48.9 Å². The fourth-order valence-corrected chi connectivity index (χ4v) is 5.19. The first-order chi connectivity index (χ1) is 12.4. The van der Waals surface area contributed by atoms with Crippen molar-refractivity contribution >= 4 is 15.9 Å². The van der Waals surface area contributed by atoms with E-state index in [0.717, 1.165) is 18.4 Å². The van der Waals surface area contributed by atoms with Gasteiger partial charge in [-0.1, -0.05) is 19.8 Å². The van der Waals surface area contributed by atoms with E-state index >= 15 is 0 Å². The molecule has 1 heterocycles. The van der Waals surface area contributed by atoms with E-state index in [0.29, 0.717) is 37.7 Å². The fourth-order valence-electron chi connectivity index (χ4n) is 4.02. The Kier molecular flexibility index (Phi) is 5.87. The van der Waals surface area contributed by atoms with Gasteiger partial charge < -0.3 is 9.64 Å². The number of likely N-dealkylation sites (tertiary alicyclic amines) is 1. The molecule has 0 aromatic heterocycles. The van der Waals surface area contributed by atoms with Crippen molar-refractivity contribution < 1.29 is 17.9 Å². The molecular weight excluding hydrogens is 352 g/mol. The molecule has 144 valence electrons. The number of benzene rings is 1. The zero-order valence-corrected chi connectivity index (χ0v) is 16.3. The fraction of sp³-hybridized carbons (Fsp3) is 0.632. The van der Waals surface area contributed by atoms with Crippen LogP contribution in [0.5, 0.6) is 5.75 Å². The van der Waals surface area contributed by atoms with Gasteiger partial charge in [-0.2, -0.15) is 0 Å². The van der Waals surface area contributed by atoms with Crippen molar-refractivity contribution in [3.63, 3.8) is 0 Å². The lowest BCUT2D eigenvalue weighted by Gasteiger charge is -2.24. The largest absolute Gasteiger partial charge is 0.496 e. The molecule has 1 N–H and O–H groups in total. The molecule has 1 saturated heterocycles. The summed E-state index contributed by atoms with van der Waals surface area (Å²) in [5, 5.41) is 0. The number of methoxy groups -OCH3 is 1. The Labute approximate surface area is 156 Å². The number of nitrogens with one attached hydrogen (secondary N) is 1. The number of nitrogens with zero attached hydrogens (tertiary/aromatic N) is 1. The summed E-state index contributed by atoms with van der Waals surface area (Å²) in [7, 11) is -2.02. The Hall–Kier alpha value is -1.60. The summed E-state index contributed by atoms with van der Waals surface area (Å²) in [4.78, 5) is 14.5. The standard InChI is InChI=1S/C19H28N2O4S/c1-3-15-11-17(8-9-18(15)25-2)26(23,24)20-12-14-10-19(22)21(13-14)16-6-4-5-7-16/h8-9,11,14,16,20H,3-7,10,12-13H2,1-2H3/t14-/m0/s1. The molecule has 0 unspecified atom stereocenters. The number of carbonyl (C=O) groups excluding carboxylic acids is 1. The summed E-state index contributed by atoms with van der Waals surface area (Å²) in [6.45, 7) is 2.92. The number of hydrogen-bond acceptors (Lipinski definition) is 4. The molecule has 1 aromatic carbocycles. The Bertz CT molecular complexity index is 757. The number of amides is 1. The first-order valence-corrected chi connectivity index (χ1v) is 10.9. The minimum absolute atomic E-state index is 0.0433. The van der Waals surface area contributed by atoms with Gasteiger partial charge in [0.2, 0.25) is 15.9 Å². The van der Waals surface area contributed by atoms with Crippen LogP contribution in [0.2, 0.25) is 0 Å². The molecular formula is C19H28N2O4S. The Morgan fingerprint density at radius 2 is 2.00 bits per heavy atom. The van der Waals surface area contributed by atoms with Crippen LogP contribution >= 0.6 is 0 Å². The van der Waals surface area contributed by atoms with E-state index in [1.165, 1.54) is 12.8 Å². The summed E-state index contributed by atoms with van der Waals surface area (Å²) in [6.07, 6.45) is 5.65. The van der Waals surface area contributed by atoms with Crippen molar-refractivity contribution in [2.75, 3.05) is 20.2 Å². The van der Waals surface area contributed by atoms with Crippen molar-refractivity contribution in [2.24, 2.45) is 5.92 Å². The average molecular weight is 381 g/mol. The Morgan fingerprint density at radius 3 is 2.65 bits per heavy atom. The number of rotatable bonds is 7. The second-order valence-electron chi connectivity index (χ2n) is 7.23. The quantitative estimate of drug-likeness (QED) is 0.788. The molecule has 2 aliphatic rings. The van der Waals surface area contributed by atoms with Gasteiger partial charge >= 0.3 is 0 Å². The van der Waals surface area contributed by atoms with E-state index in [2.05, 4.69) is 4.72 Å². The smallest absolute Gasteiger partial charge is 0.240 e.